The SMILES string of the molecule is Brc1cc2nc(-c3ccc([Si](c4ccccc4)(c4ccccc4)c4ccccc4)cc3)cnc2s1. The van der Waals surface area contributed by atoms with E-state index in [1.165, 1.54) is 20.7 Å². The van der Waals surface area contributed by atoms with Gasteiger partial charge in [0.05, 0.1) is 15.7 Å². The predicted molar refractivity (Wildman–Crippen MR) is 154 cm³/mol. The van der Waals surface area contributed by atoms with Crippen molar-refractivity contribution in [2.24, 2.45) is 0 Å². The molecule has 0 saturated carbocycles. The first-order chi connectivity index (χ1) is 17.2. The zero-order chi connectivity index (χ0) is 23.7. The molecule has 0 atom stereocenters. The number of thiophene rings is 1. The number of fused-ring (bicyclic) bond motifs is 1. The summed E-state index contributed by atoms with van der Waals surface area (Å²) in [4.78, 5) is 10.4. The third-order valence-corrected chi connectivity index (χ3v) is 12.8. The first-order valence-electron chi connectivity index (χ1n) is 11.4. The lowest BCUT2D eigenvalue weighted by atomic mass is 10.2. The fraction of sp³-hybridized carbons (Fsp3) is 0. The second-order valence-corrected chi connectivity index (χ2v) is 14.6. The van der Waals surface area contributed by atoms with Crippen molar-refractivity contribution in [1.29, 1.82) is 0 Å². The highest BCUT2D eigenvalue weighted by Gasteiger charge is 2.41. The zero-order valence-corrected chi connectivity index (χ0v) is 22.2. The molecule has 35 heavy (non-hydrogen) atoms. The van der Waals surface area contributed by atoms with E-state index in [2.05, 4.69) is 136 Å². The van der Waals surface area contributed by atoms with E-state index in [1.54, 1.807) is 11.3 Å². The summed E-state index contributed by atoms with van der Waals surface area (Å²) in [6.07, 6.45) is 1.87. The van der Waals surface area contributed by atoms with Crippen LogP contribution in [0.4, 0.5) is 0 Å². The summed E-state index contributed by atoms with van der Waals surface area (Å²) in [7, 11) is -2.50. The molecule has 0 spiro atoms. The van der Waals surface area contributed by atoms with E-state index in [0.717, 1.165) is 25.4 Å². The molecule has 2 aromatic heterocycles. The lowest BCUT2D eigenvalue weighted by Crippen LogP contribution is -2.74. The standard InChI is InChI=1S/C30H21BrN2SSi/c31-29-20-27-30(34-29)32-21-28(33-27)22-16-18-26(19-17-22)35(23-10-4-1-5-11-23,24-12-6-2-7-13-24)25-14-8-3-9-15-25/h1-21H. The van der Waals surface area contributed by atoms with E-state index in [9.17, 15) is 0 Å². The minimum atomic E-state index is -2.50. The number of hydrogen-bond acceptors (Lipinski definition) is 3. The van der Waals surface area contributed by atoms with Crippen molar-refractivity contribution >= 4 is 66.4 Å². The summed E-state index contributed by atoms with van der Waals surface area (Å²) in [6.45, 7) is 0. The van der Waals surface area contributed by atoms with Gasteiger partial charge in [-0.05, 0) is 42.7 Å². The number of aromatic nitrogens is 2. The first-order valence-corrected chi connectivity index (χ1v) is 15.1. The van der Waals surface area contributed by atoms with Gasteiger partial charge < -0.3 is 0 Å². The molecule has 6 rings (SSSR count). The van der Waals surface area contributed by atoms with Gasteiger partial charge in [0.1, 0.15) is 10.3 Å². The molecule has 0 bridgehead atoms. The number of halogens is 1. The third-order valence-electron chi connectivity index (χ3n) is 6.44. The van der Waals surface area contributed by atoms with Crippen molar-refractivity contribution in [2.45, 2.75) is 0 Å². The molecule has 0 amide bonds. The van der Waals surface area contributed by atoms with E-state index in [4.69, 9.17) is 4.98 Å². The van der Waals surface area contributed by atoms with Crippen molar-refractivity contribution in [3.63, 3.8) is 0 Å². The Balaban J connectivity index is 1.56. The number of benzene rings is 4. The van der Waals surface area contributed by atoms with Crippen LogP contribution in [0.2, 0.25) is 0 Å². The van der Waals surface area contributed by atoms with Crippen LogP contribution in [0.1, 0.15) is 0 Å². The largest absolute Gasteiger partial charge is 0.244 e. The summed E-state index contributed by atoms with van der Waals surface area (Å²) in [5, 5.41) is 5.45. The average Bonchev–Trinajstić information content (AvgIpc) is 3.31. The van der Waals surface area contributed by atoms with E-state index < -0.39 is 8.07 Å². The van der Waals surface area contributed by atoms with Gasteiger partial charge in [0.25, 0.3) is 0 Å². The molecule has 2 nitrogen and oxygen atoms in total. The van der Waals surface area contributed by atoms with Crippen LogP contribution in [-0.2, 0) is 0 Å². The Labute approximate surface area is 218 Å². The van der Waals surface area contributed by atoms with Crippen molar-refractivity contribution in [3.05, 3.63) is 131 Å². The summed E-state index contributed by atoms with van der Waals surface area (Å²) >= 11 is 5.15. The quantitative estimate of drug-likeness (QED) is 0.210. The van der Waals surface area contributed by atoms with Crippen LogP contribution < -0.4 is 20.7 Å². The lowest BCUT2D eigenvalue weighted by molar-refractivity contribution is 1.31. The van der Waals surface area contributed by atoms with E-state index in [-0.39, 0.29) is 0 Å². The summed E-state index contributed by atoms with van der Waals surface area (Å²) < 4.78 is 1.05. The highest BCUT2D eigenvalue weighted by Crippen LogP contribution is 2.28. The molecule has 0 fully saturated rings. The minimum Gasteiger partial charge on any atom is -0.244 e. The monoisotopic (exact) mass is 548 g/mol. The van der Waals surface area contributed by atoms with Gasteiger partial charge >= 0.3 is 0 Å². The molecule has 0 aliphatic heterocycles. The van der Waals surface area contributed by atoms with Gasteiger partial charge in [-0.15, -0.1) is 11.3 Å². The summed E-state index contributed by atoms with van der Waals surface area (Å²) in [6, 6.07) is 43.9. The van der Waals surface area contributed by atoms with Crippen LogP contribution in [0, 0.1) is 0 Å². The minimum absolute atomic E-state index is 0.890. The van der Waals surface area contributed by atoms with Crippen molar-refractivity contribution in [3.8, 4) is 11.3 Å². The fourth-order valence-electron chi connectivity index (χ4n) is 4.89. The second-order valence-electron chi connectivity index (χ2n) is 8.42. The molecule has 0 aliphatic rings. The molecule has 0 unspecified atom stereocenters. The molecule has 0 saturated heterocycles. The Bertz CT molecular complexity index is 1490. The smallest absolute Gasteiger partial charge is 0.179 e. The lowest BCUT2D eigenvalue weighted by Gasteiger charge is -2.34. The maximum atomic E-state index is 4.86. The normalized spacial score (nSPS) is 11.6. The van der Waals surface area contributed by atoms with E-state index >= 15 is 0 Å². The van der Waals surface area contributed by atoms with Crippen LogP contribution in [0.15, 0.2) is 131 Å². The van der Waals surface area contributed by atoms with Gasteiger partial charge in [-0.25, -0.2) is 9.97 Å². The molecule has 5 heteroatoms. The van der Waals surface area contributed by atoms with Crippen LogP contribution in [0.25, 0.3) is 21.6 Å². The van der Waals surface area contributed by atoms with Gasteiger partial charge in [-0.1, -0.05) is 115 Å². The molecule has 2 heterocycles. The van der Waals surface area contributed by atoms with Crippen molar-refractivity contribution in [2.75, 3.05) is 0 Å². The Hall–Kier alpha value is -3.38. The maximum Gasteiger partial charge on any atom is 0.179 e. The molecule has 0 radical (unpaired) electrons. The van der Waals surface area contributed by atoms with Gasteiger partial charge in [-0.2, -0.15) is 0 Å². The molecule has 4 aromatic carbocycles. The number of rotatable bonds is 5. The van der Waals surface area contributed by atoms with Gasteiger partial charge in [-0.3, -0.25) is 0 Å². The summed E-state index contributed by atoms with van der Waals surface area (Å²) in [5.41, 5.74) is 2.88. The third kappa shape index (κ3) is 3.96. The maximum absolute atomic E-state index is 4.86. The molecule has 0 N–H and O–H groups in total. The highest BCUT2D eigenvalue weighted by molar-refractivity contribution is 9.11. The second kappa shape index (κ2) is 9.34. The van der Waals surface area contributed by atoms with Crippen molar-refractivity contribution < 1.29 is 0 Å². The molecule has 6 aromatic rings. The number of nitrogens with zero attached hydrogens (tertiary/aromatic N) is 2. The molecule has 168 valence electrons. The van der Waals surface area contributed by atoms with Gasteiger partial charge in [0.2, 0.25) is 0 Å². The Kier molecular flexibility index (Phi) is 5.90. The molecule has 0 aliphatic carbocycles. The van der Waals surface area contributed by atoms with Crippen LogP contribution in [-0.4, -0.2) is 18.0 Å². The molecular formula is C30H21BrN2SSi. The van der Waals surface area contributed by atoms with Crippen LogP contribution >= 0.6 is 27.3 Å². The fourth-order valence-corrected chi connectivity index (χ4v) is 11.0. The summed E-state index contributed by atoms with van der Waals surface area (Å²) in [5.74, 6) is 0. The highest BCUT2D eigenvalue weighted by atomic mass is 79.9. The van der Waals surface area contributed by atoms with Crippen molar-refractivity contribution in [1.82, 2.24) is 9.97 Å². The molecular weight excluding hydrogens is 528 g/mol. The van der Waals surface area contributed by atoms with Crippen LogP contribution in [0.5, 0.6) is 0 Å². The van der Waals surface area contributed by atoms with Gasteiger partial charge in [0.15, 0.2) is 8.07 Å². The Morgan fingerprint density at radius 2 is 1.09 bits per heavy atom. The van der Waals surface area contributed by atoms with Gasteiger partial charge in [0, 0.05) is 5.56 Å². The predicted octanol–water partition coefficient (Wildman–Crippen LogP) is 5.50. The topological polar surface area (TPSA) is 25.8 Å². The Morgan fingerprint density at radius 1 is 0.600 bits per heavy atom. The van der Waals surface area contributed by atoms with E-state index in [1.807, 2.05) is 12.3 Å². The first kappa shape index (κ1) is 22.1. The Morgan fingerprint density at radius 3 is 1.60 bits per heavy atom. The zero-order valence-electron chi connectivity index (χ0n) is 18.8. The average molecular weight is 550 g/mol. The number of hydrogen-bond donors (Lipinski definition) is 0. The van der Waals surface area contributed by atoms with E-state index in [0.29, 0.717) is 0 Å². The van der Waals surface area contributed by atoms with Crippen LogP contribution in [0.3, 0.4) is 0 Å².